The number of benzene rings is 3. The number of aryl methyl sites for hydroxylation is 1. The largest absolute Gasteiger partial charge is 0.488 e. The third-order valence-electron chi connectivity index (χ3n) is 4.53. The first kappa shape index (κ1) is 23.2. The van der Waals surface area contributed by atoms with Crippen LogP contribution in [0.25, 0.3) is 6.08 Å². The molecule has 32 heavy (non-hydrogen) atoms. The Bertz CT molecular complexity index is 1260. The number of thioether (sulfide) groups is 1. The van der Waals surface area contributed by atoms with Gasteiger partial charge in [0, 0.05) is 0 Å². The molecule has 1 fully saturated rings. The molecule has 0 unspecified atom stereocenters. The summed E-state index contributed by atoms with van der Waals surface area (Å²) in [5, 5.41) is 3.99. The van der Waals surface area contributed by atoms with Crippen LogP contribution >= 0.6 is 57.6 Å². The maximum absolute atomic E-state index is 12.4. The normalized spacial score (nSPS) is 15.9. The van der Waals surface area contributed by atoms with Crippen molar-refractivity contribution in [3.63, 3.8) is 0 Å². The Morgan fingerprint density at radius 3 is 2.72 bits per heavy atom. The fourth-order valence-electron chi connectivity index (χ4n) is 3.01. The lowest BCUT2D eigenvalue weighted by Gasteiger charge is -2.09. The third-order valence-corrected chi connectivity index (χ3v) is 7.10. The zero-order valence-electron chi connectivity index (χ0n) is 16.9. The molecule has 1 amide bonds. The topological polar surface area (TPSA) is 50.7 Å². The molecule has 1 aliphatic heterocycles. The lowest BCUT2D eigenvalue weighted by Crippen LogP contribution is -2.19. The SMILES string of the molecule is Cc1cccc(COc2ccc(/C=C3/SC(=Nc4cccc(Cl)c4Cl)NC3=O)cc2I)c1. The fourth-order valence-corrected chi connectivity index (χ4v) is 4.87. The van der Waals surface area contributed by atoms with Gasteiger partial charge in [-0.2, -0.15) is 0 Å². The fraction of sp³-hybridized carbons (Fsp3) is 0.0833. The summed E-state index contributed by atoms with van der Waals surface area (Å²) in [5.74, 6) is 0.595. The molecule has 0 atom stereocenters. The summed E-state index contributed by atoms with van der Waals surface area (Å²) < 4.78 is 6.94. The highest BCUT2D eigenvalue weighted by Crippen LogP contribution is 2.35. The summed E-state index contributed by atoms with van der Waals surface area (Å²) in [6.07, 6.45) is 1.83. The number of aliphatic imine (C=N–C) groups is 1. The van der Waals surface area contributed by atoms with Crippen LogP contribution < -0.4 is 10.1 Å². The van der Waals surface area contributed by atoms with E-state index < -0.39 is 0 Å². The first-order valence-electron chi connectivity index (χ1n) is 9.60. The maximum atomic E-state index is 12.4. The van der Waals surface area contributed by atoms with Crippen molar-refractivity contribution in [1.29, 1.82) is 0 Å². The number of halogens is 3. The molecular formula is C24H17Cl2IN2O2S. The van der Waals surface area contributed by atoms with Crippen molar-refractivity contribution in [3.8, 4) is 5.75 Å². The molecule has 1 saturated heterocycles. The minimum atomic E-state index is -0.207. The van der Waals surface area contributed by atoms with Crippen molar-refractivity contribution in [2.75, 3.05) is 0 Å². The van der Waals surface area contributed by atoms with Gasteiger partial charge in [0.2, 0.25) is 0 Å². The number of carbonyl (C=O) groups excluding carboxylic acids is 1. The van der Waals surface area contributed by atoms with Gasteiger partial charge in [0.1, 0.15) is 12.4 Å². The highest BCUT2D eigenvalue weighted by Gasteiger charge is 2.24. The van der Waals surface area contributed by atoms with Crippen molar-refractivity contribution in [2.45, 2.75) is 13.5 Å². The van der Waals surface area contributed by atoms with Crippen LogP contribution in [0.2, 0.25) is 10.0 Å². The lowest BCUT2D eigenvalue weighted by molar-refractivity contribution is -0.115. The summed E-state index contributed by atoms with van der Waals surface area (Å²) in [6.45, 7) is 2.56. The van der Waals surface area contributed by atoms with Gasteiger partial charge in [-0.15, -0.1) is 0 Å². The number of hydrogen-bond donors (Lipinski definition) is 1. The van der Waals surface area contributed by atoms with Gasteiger partial charge in [-0.05, 0) is 82.7 Å². The monoisotopic (exact) mass is 594 g/mol. The van der Waals surface area contributed by atoms with E-state index in [1.54, 1.807) is 18.2 Å². The zero-order valence-corrected chi connectivity index (χ0v) is 21.3. The Kier molecular flexibility index (Phi) is 7.45. The Morgan fingerprint density at radius 1 is 1.12 bits per heavy atom. The van der Waals surface area contributed by atoms with Gasteiger partial charge in [-0.1, -0.05) is 65.2 Å². The van der Waals surface area contributed by atoms with E-state index in [1.807, 2.05) is 36.4 Å². The van der Waals surface area contributed by atoms with Crippen molar-refractivity contribution in [3.05, 3.63) is 95.9 Å². The van der Waals surface area contributed by atoms with E-state index >= 15 is 0 Å². The zero-order chi connectivity index (χ0) is 22.7. The highest BCUT2D eigenvalue weighted by molar-refractivity contribution is 14.1. The van der Waals surface area contributed by atoms with E-state index in [9.17, 15) is 4.79 Å². The molecule has 4 nitrogen and oxygen atoms in total. The van der Waals surface area contributed by atoms with Crippen molar-refractivity contribution in [2.24, 2.45) is 4.99 Å². The Hall–Kier alpha value is -2.00. The number of rotatable bonds is 5. The van der Waals surface area contributed by atoms with Crippen LogP contribution in [0.4, 0.5) is 5.69 Å². The highest BCUT2D eigenvalue weighted by atomic mass is 127. The van der Waals surface area contributed by atoms with Crippen LogP contribution in [0.5, 0.6) is 5.75 Å². The molecule has 0 aliphatic carbocycles. The standard InChI is InChI=1S/C24H17Cl2IN2O2S/c1-14-4-2-5-16(10-14)13-31-20-9-8-15(11-18(20)27)12-21-23(30)29-24(32-21)28-19-7-3-6-17(25)22(19)26/h2-12H,13H2,1H3,(H,28,29,30)/b21-12+. The molecule has 162 valence electrons. The van der Waals surface area contributed by atoms with E-state index in [1.165, 1.54) is 17.3 Å². The Morgan fingerprint density at radius 2 is 1.94 bits per heavy atom. The predicted molar refractivity (Wildman–Crippen MR) is 142 cm³/mol. The van der Waals surface area contributed by atoms with Gasteiger partial charge < -0.3 is 10.1 Å². The van der Waals surface area contributed by atoms with Crippen LogP contribution in [-0.2, 0) is 11.4 Å². The van der Waals surface area contributed by atoms with Crippen LogP contribution in [0.1, 0.15) is 16.7 Å². The van der Waals surface area contributed by atoms with E-state index in [0.29, 0.717) is 32.4 Å². The number of nitrogens with one attached hydrogen (secondary N) is 1. The average Bonchev–Trinajstić information content (AvgIpc) is 3.09. The molecule has 3 aromatic carbocycles. The first-order chi connectivity index (χ1) is 15.4. The number of hydrogen-bond acceptors (Lipinski definition) is 4. The number of amidine groups is 1. The Labute approximate surface area is 214 Å². The van der Waals surface area contributed by atoms with Gasteiger partial charge in [0.05, 0.1) is 24.2 Å². The van der Waals surface area contributed by atoms with Crippen molar-refractivity contribution >= 4 is 80.4 Å². The minimum Gasteiger partial charge on any atom is -0.488 e. The lowest BCUT2D eigenvalue weighted by atomic mass is 10.1. The van der Waals surface area contributed by atoms with E-state index in [2.05, 4.69) is 52.0 Å². The van der Waals surface area contributed by atoms with Crippen molar-refractivity contribution in [1.82, 2.24) is 5.32 Å². The molecule has 0 radical (unpaired) electrons. The number of carbonyl (C=O) groups is 1. The summed E-state index contributed by atoms with van der Waals surface area (Å²) >= 11 is 15.7. The van der Waals surface area contributed by atoms with Gasteiger partial charge in [-0.3, -0.25) is 4.79 Å². The van der Waals surface area contributed by atoms with Crippen LogP contribution in [-0.4, -0.2) is 11.1 Å². The van der Waals surface area contributed by atoms with E-state index in [4.69, 9.17) is 27.9 Å². The predicted octanol–water partition coefficient (Wildman–Crippen LogP) is 7.38. The molecule has 1 aliphatic rings. The smallest absolute Gasteiger partial charge is 0.264 e. The molecule has 1 N–H and O–H groups in total. The number of nitrogens with zero attached hydrogens (tertiary/aromatic N) is 1. The number of amides is 1. The summed E-state index contributed by atoms with van der Waals surface area (Å²) in [7, 11) is 0. The van der Waals surface area contributed by atoms with Crippen LogP contribution in [0.15, 0.2) is 70.6 Å². The van der Waals surface area contributed by atoms with Gasteiger partial charge in [0.15, 0.2) is 5.17 Å². The van der Waals surface area contributed by atoms with Crippen LogP contribution in [0, 0.1) is 10.5 Å². The second kappa shape index (κ2) is 10.3. The summed E-state index contributed by atoms with van der Waals surface area (Å²) in [6, 6.07) is 19.3. The van der Waals surface area contributed by atoms with E-state index in [0.717, 1.165) is 20.4 Å². The molecule has 0 aromatic heterocycles. The molecule has 1 heterocycles. The van der Waals surface area contributed by atoms with Crippen molar-refractivity contribution < 1.29 is 9.53 Å². The molecular weight excluding hydrogens is 578 g/mol. The minimum absolute atomic E-state index is 0.207. The van der Waals surface area contributed by atoms with Gasteiger partial charge in [-0.25, -0.2) is 4.99 Å². The molecule has 3 aromatic rings. The van der Waals surface area contributed by atoms with Crippen LogP contribution in [0.3, 0.4) is 0 Å². The van der Waals surface area contributed by atoms with Gasteiger partial charge in [0.25, 0.3) is 5.91 Å². The molecule has 0 spiro atoms. The maximum Gasteiger partial charge on any atom is 0.264 e. The molecule has 0 bridgehead atoms. The molecule has 4 rings (SSSR count). The second-order valence-corrected chi connectivity index (χ2v) is 10.0. The number of ether oxygens (including phenoxy) is 1. The third kappa shape index (κ3) is 5.67. The first-order valence-corrected chi connectivity index (χ1v) is 12.3. The Balaban J connectivity index is 1.47. The van der Waals surface area contributed by atoms with Gasteiger partial charge >= 0.3 is 0 Å². The van der Waals surface area contributed by atoms with E-state index in [-0.39, 0.29) is 5.91 Å². The molecule has 0 saturated carbocycles. The quantitative estimate of drug-likeness (QED) is 0.248. The summed E-state index contributed by atoms with van der Waals surface area (Å²) in [5.41, 5.74) is 3.73. The summed E-state index contributed by atoms with van der Waals surface area (Å²) in [4.78, 5) is 17.4. The molecule has 8 heteroatoms. The second-order valence-electron chi connectivity index (χ2n) is 7.02. The average molecular weight is 595 g/mol.